The molecular formula is C19H31F3IN5O. The molecular weight excluding hydrogens is 498 g/mol. The Kier molecular flexibility index (Phi) is 12.9. The molecule has 1 aromatic rings. The van der Waals surface area contributed by atoms with Gasteiger partial charge in [0, 0.05) is 31.7 Å². The molecule has 0 aliphatic heterocycles. The highest BCUT2D eigenvalue weighted by Crippen LogP contribution is 2.19. The normalized spacial score (nSPS) is 11.6. The van der Waals surface area contributed by atoms with E-state index in [2.05, 4.69) is 53.5 Å². The van der Waals surface area contributed by atoms with Gasteiger partial charge >= 0.3 is 0 Å². The second-order valence-corrected chi connectivity index (χ2v) is 6.82. The molecule has 0 spiro atoms. The predicted octanol–water partition coefficient (Wildman–Crippen LogP) is 3.33. The quantitative estimate of drug-likeness (QED) is 0.199. The summed E-state index contributed by atoms with van der Waals surface area (Å²) in [5.41, 5.74) is -0.429. The molecule has 3 N–H and O–H groups in total. The maximum Gasteiger partial charge on any atom is 0.246 e. The average Bonchev–Trinajstić information content (AvgIpc) is 2.63. The summed E-state index contributed by atoms with van der Waals surface area (Å²) in [4.78, 5) is 18.4. The predicted molar refractivity (Wildman–Crippen MR) is 121 cm³/mol. The van der Waals surface area contributed by atoms with Gasteiger partial charge in [-0.05, 0) is 46.8 Å². The molecule has 0 saturated carbocycles. The van der Waals surface area contributed by atoms with Crippen molar-refractivity contribution in [1.82, 2.24) is 15.5 Å². The first kappa shape index (κ1) is 27.4. The van der Waals surface area contributed by atoms with Gasteiger partial charge in [0.2, 0.25) is 5.91 Å². The van der Waals surface area contributed by atoms with Crippen LogP contribution in [0.25, 0.3) is 0 Å². The number of rotatable bonds is 9. The summed E-state index contributed by atoms with van der Waals surface area (Å²) in [6.07, 6.45) is 0. The van der Waals surface area contributed by atoms with Crippen LogP contribution in [0.4, 0.5) is 18.9 Å². The summed E-state index contributed by atoms with van der Waals surface area (Å²) in [5, 5.41) is 8.35. The number of carbonyl (C=O) groups excluding carboxylic acids is 1. The lowest BCUT2D eigenvalue weighted by atomic mass is 10.2. The van der Waals surface area contributed by atoms with E-state index in [1.54, 1.807) is 0 Å². The molecule has 0 saturated heterocycles. The van der Waals surface area contributed by atoms with E-state index in [0.29, 0.717) is 31.1 Å². The zero-order valence-electron chi connectivity index (χ0n) is 17.5. The van der Waals surface area contributed by atoms with Gasteiger partial charge in [0.05, 0.1) is 5.69 Å². The molecule has 10 heteroatoms. The lowest BCUT2D eigenvalue weighted by Crippen LogP contribution is -2.45. The van der Waals surface area contributed by atoms with Crippen molar-refractivity contribution in [3.05, 3.63) is 29.6 Å². The maximum atomic E-state index is 13.6. The average molecular weight is 529 g/mol. The van der Waals surface area contributed by atoms with E-state index in [-0.39, 0.29) is 30.5 Å². The minimum Gasteiger partial charge on any atom is -0.357 e. The molecule has 1 rings (SSSR count). The third kappa shape index (κ3) is 9.20. The molecule has 166 valence electrons. The first-order valence-corrected chi connectivity index (χ1v) is 9.38. The minimum absolute atomic E-state index is 0. The van der Waals surface area contributed by atoms with Crippen LogP contribution in [0, 0.1) is 17.5 Å². The van der Waals surface area contributed by atoms with Crippen molar-refractivity contribution in [3.63, 3.8) is 0 Å². The number of amides is 1. The van der Waals surface area contributed by atoms with Gasteiger partial charge in [0.15, 0.2) is 23.4 Å². The first-order chi connectivity index (χ1) is 13.2. The van der Waals surface area contributed by atoms with Crippen LogP contribution < -0.4 is 16.0 Å². The largest absolute Gasteiger partial charge is 0.357 e. The summed E-state index contributed by atoms with van der Waals surface area (Å²) in [6, 6.07) is 2.51. The van der Waals surface area contributed by atoms with Crippen molar-refractivity contribution < 1.29 is 18.0 Å². The SMILES string of the molecule is CCNC(=NCC(=O)Nc1ccc(F)c(F)c1F)NCCN(C(C)C)C(C)C.I. The van der Waals surface area contributed by atoms with Gasteiger partial charge in [0.1, 0.15) is 6.54 Å². The van der Waals surface area contributed by atoms with Gasteiger partial charge in [-0.15, -0.1) is 24.0 Å². The van der Waals surface area contributed by atoms with Crippen LogP contribution in [0.5, 0.6) is 0 Å². The van der Waals surface area contributed by atoms with E-state index in [9.17, 15) is 18.0 Å². The van der Waals surface area contributed by atoms with Gasteiger partial charge in [0.25, 0.3) is 0 Å². The first-order valence-electron chi connectivity index (χ1n) is 9.38. The number of guanidine groups is 1. The lowest BCUT2D eigenvalue weighted by Gasteiger charge is -2.30. The molecule has 0 aliphatic carbocycles. The van der Waals surface area contributed by atoms with E-state index in [0.717, 1.165) is 18.7 Å². The number of carbonyl (C=O) groups is 1. The zero-order chi connectivity index (χ0) is 21.3. The topological polar surface area (TPSA) is 68.8 Å². The molecule has 1 aromatic carbocycles. The second-order valence-electron chi connectivity index (χ2n) is 6.82. The number of anilines is 1. The molecule has 0 bridgehead atoms. The Labute approximate surface area is 187 Å². The van der Waals surface area contributed by atoms with Crippen molar-refractivity contribution in [1.29, 1.82) is 0 Å². The summed E-state index contributed by atoms with van der Waals surface area (Å²) in [5.74, 6) is -4.59. The molecule has 29 heavy (non-hydrogen) atoms. The number of hydrogen-bond donors (Lipinski definition) is 3. The molecule has 0 unspecified atom stereocenters. The van der Waals surface area contributed by atoms with Crippen molar-refractivity contribution >= 4 is 41.5 Å². The Morgan fingerprint density at radius 2 is 1.69 bits per heavy atom. The number of aliphatic imine (C=N–C) groups is 1. The Hall–Kier alpha value is -1.56. The summed E-state index contributed by atoms with van der Waals surface area (Å²) >= 11 is 0. The second kappa shape index (κ2) is 13.6. The van der Waals surface area contributed by atoms with Crippen LogP contribution in [-0.2, 0) is 4.79 Å². The van der Waals surface area contributed by atoms with Crippen molar-refractivity contribution in [2.75, 3.05) is 31.5 Å². The fraction of sp³-hybridized carbons (Fsp3) is 0.579. The van der Waals surface area contributed by atoms with Crippen LogP contribution in [0.2, 0.25) is 0 Å². The maximum absolute atomic E-state index is 13.6. The minimum atomic E-state index is -1.63. The highest BCUT2D eigenvalue weighted by Gasteiger charge is 2.15. The van der Waals surface area contributed by atoms with E-state index < -0.39 is 29.0 Å². The van der Waals surface area contributed by atoms with Crippen LogP contribution in [0.1, 0.15) is 34.6 Å². The van der Waals surface area contributed by atoms with E-state index >= 15 is 0 Å². The number of hydrogen-bond acceptors (Lipinski definition) is 3. The number of halogens is 4. The van der Waals surface area contributed by atoms with Crippen molar-refractivity contribution in [2.24, 2.45) is 4.99 Å². The third-order valence-electron chi connectivity index (χ3n) is 4.02. The monoisotopic (exact) mass is 529 g/mol. The van der Waals surface area contributed by atoms with E-state index in [1.165, 1.54) is 0 Å². The Balaban J connectivity index is 0.00000784. The standard InChI is InChI=1S/C19H30F3N5O.HI/c1-6-23-19(24-9-10-27(12(2)3)13(4)5)25-11-16(28)26-15-8-7-14(20)17(21)18(15)22;/h7-8,12-13H,6,9-11H2,1-5H3,(H,26,28)(H2,23,24,25);1H. The van der Waals surface area contributed by atoms with Crippen molar-refractivity contribution in [2.45, 2.75) is 46.7 Å². The summed E-state index contributed by atoms with van der Waals surface area (Å²) < 4.78 is 39.8. The Morgan fingerprint density at radius 3 is 2.24 bits per heavy atom. The molecule has 0 fully saturated rings. The molecule has 0 aromatic heterocycles. The molecule has 0 heterocycles. The highest BCUT2D eigenvalue weighted by atomic mass is 127. The van der Waals surface area contributed by atoms with Gasteiger partial charge in [-0.25, -0.2) is 18.2 Å². The lowest BCUT2D eigenvalue weighted by molar-refractivity contribution is -0.114. The van der Waals surface area contributed by atoms with Crippen LogP contribution in [0.15, 0.2) is 17.1 Å². The third-order valence-corrected chi connectivity index (χ3v) is 4.02. The molecule has 0 radical (unpaired) electrons. The number of nitrogens with zero attached hydrogens (tertiary/aromatic N) is 2. The highest BCUT2D eigenvalue weighted by molar-refractivity contribution is 14.0. The Bertz CT molecular complexity index is 678. The van der Waals surface area contributed by atoms with Crippen LogP contribution >= 0.6 is 24.0 Å². The molecule has 0 atom stereocenters. The van der Waals surface area contributed by atoms with Gasteiger partial charge in [-0.1, -0.05) is 0 Å². The smallest absolute Gasteiger partial charge is 0.246 e. The molecule has 6 nitrogen and oxygen atoms in total. The Morgan fingerprint density at radius 1 is 1.07 bits per heavy atom. The molecule has 1 amide bonds. The fourth-order valence-corrected chi connectivity index (χ4v) is 2.72. The van der Waals surface area contributed by atoms with Crippen LogP contribution in [0.3, 0.4) is 0 Å². The van der Waals surface area contributed by atoms with E-state index in [1.807, 2.05) is 6.92 Å². The van der Waals surface area contributed by atoms with Gasteiger partial charge in [-0.2, -0.15) is 0 Å². The summed E-state index contributed by atoms with van der Waals surface area (Å²) in [7, 11) is 0. The zero-order valence-corrected chi connectivity index (χ0v) is 19.8. The fourth-order valence-electron chi connectivity index (χ4n) is 2.72. The number of benzene rings is 1. The van der Waals surface area contributed by atoms with Gasteiger partial charge < -0.3 is 16.0 Å². The molecule has 0 aliphatic rings. The van der Waals surface area contributed by atoms with Crippen molar-refractivity contribution in [3.8, 4) is 0 Å². The van der Waals surface area contributed by atoms with E-state index in [4.69, 9.17) is 0 Å². The summed E-state index contributed by atoms with van der Waals surface area (Å²) in [6.45, 7) is 12.1. The van der Waals surface area contributed by atoms with Crippen LogP contribution in [-0.4, -0.2) is 55.0 Å². The number of nitrogens with one attached hydrogen (secondary N) is 3. The van der Waals surface area contributed by atoms with Gasteiger partial charge in [-0.3, -0.25) is 9.69 Å².